The van der Waals surface area contributed by atoms with Crippen LogP contribution in [-0.2, 0) is 4.79 Å². The van der Waals surface area contributed by atoms with Crippen LogP contribution >= 0.6 is 0 Å². The molecular formula is C13H24N2O2. The van der Waals surface area contributed by atoms with E-state index in [1.165, 1.54) is 6.42 Å². The number of carboxylic acids is 1. The maximum absolute atomic E-state index is 10.9. The van der Waals surface area contributed by atoms with Crippen molar-refractivity contribution >= 4 is 5.97 Å². The summed E-state index contributed by atoms with van der Waals surface area (Å²) in [6.07, 6.45) is 4.62. The van der Waals surface area contributed by atoms with Crippen LogP contribution in [0, 0.1) is 0 Å². The lowest BCUT2D eigenvalue weighted by atomic mass is 9.84. The van der Waals surface area contributed by atoms with Crippen molar-refractivity contribution in [2.45, 2.75) is 51.1 Å². The molecule has 98 valence electrons. The number of nitrogens with zero attached hydrogens (tertiary/aromatic N) is 2. The second-order valence-electron chi connectivity index (χ2n) is 5.77. The number of hydrogen-bond donors (Lipinski definition) is 1. The van der Waals surface area contributed by atoms with Gasteiger partial charge in [-0.15, -0.1) is 0 Å². The third kappa shape index (κ3) is 2.63. The molecule has 4 heteroatoms. The molecular weight excluding hydrogens is 216 g/mol. The molecule has 2 heterocycles. The topological polar surface area (TPSA) is 43.8 Å². The van der Waals surface area contributed by atoms with Crippen LogP contribution in [-0.4, -0.2) is 58.6 Å². The number of hydrogen-bond acceptors (Lipinski definition) is 3. The van der Waals surface area contributed by atoms with Gasteiger partial charge in [-0.25, -0.2) is 0 Å². The van der Waals surface area contributed by atoms with E-state index in [0.717, 1.165) is 38.9 Å². The first-order chi connectivity index (χ1) is 8.03. The maximum Gasteiger partial charge on any atom is 0.317 e. The third-order valence-electron chi connectivity index (χ3n) is 4.53. The minimum Gasteiger partial charge on any atom is -0.480 e. The Hall–Kier alpha value is -0.610. The van der Waals surface area contributed by atoms with Crippen LogP contribution in [0.1, 0.15) is 39.5 Å². The molecule has 0 aliphatic carbocycles. The van der Waals surface area contributed by atoms with Crippen molar-refractivity contribution in [3.05, 3.63) is 0 Å². The highest BCUT2D eigenvalue weighted by Crippen LogP contribution is 2.38. The molecule has 1 N–H and O–H groups in total. The first kappa shape index (κ1) is 12.8. The molecule has 0 aromatic carbocycles. The van der Waals surface area contributed by atoms with E-state index in [0.29, 0.717) is 6.04 Å². The van der Waals surface area contributed by atoms with Gasteiger partial charge >= 0.3 is 5.97 Å². The third-order valence-corrected chi connectivity index (χ3v) is 4.53. The molecule has 0 bridgehead atoms. The molecule has 0 aromatic heterocycles. The number of likely N-dealkylation sites (tertiary alicyclic amines) is 2. The number of piperidine rings is 1. The van der Waals surface area contributed by atoms with Crippen molar-refractivity contribution in [2.24, 2.45) is 0 Å². The Bertz CT molecular complexity index is 283. The van der Waals surface area contributed by atoms with Crippen molar-refractivity contribution in [2.75, 3.05) is 26.2 Å². The zero-order chi connectivity index (χ0) is 12.5. The molecule has 0 aromatic rings. The fourth-order valence-electron chi connectivity index (χ4n) is 3.43. The molecule has 2 rings (SSSR count). The first-order valence-corrected chi connectivity index (χ1v) is 6.74. The lowest BCUT2D eigenvalue weighted by Gasteiger charge is -2.45. The average molecular weight is 240 g/mol. The van der Waals surface area contributed by atoms with Crippen molar-refractivity contribution in [3.63, 3.8) is 0 Å². The molecule has 4 nitrogen and oxygen atoms in total. The lowest BCUT2D eigenvalue weighted by molar-refractivity contribution is -0.140. The van der Waals surface area contributed by atoms with Crippen molar-refractivity contribution in [3.8, 4) is 0 Å². The van der Waals surface area contributed by atoms with Gasteiger partial charge in [-0.1, -0.05) is 0 Å². The Kier molecular flexibility index (Phi) is 3.73. The molecule has 2 fully saturated rings. The van der Waals surface area contributed by atoms with Crippen LogP contribution in [0.15, 0.2) is 0 Å². The summed E-state index contributed by atoms with van der Waals surface area (Å²) in [5.74, 6) is -0.683. The van der Waals surface area contributed by atoms with Gasteiger partial charge in [0.25, 0.3) is 0 Å². The Labute approximate surface area is 104 Å². The van der Waals surface area contributed by atoms with Crippen LogP contribution in [0.2, 0.25) is 0 Å². The summed E-state index contributed by atoms with van der Waals surface area (Å²) in [7, 11) is 0. The summed E-state index contributed by atoms with van der Waals surface area (Å²) < 4.78 is 0. The van der Waals surface area contributed by atoms with E-state index in [1.807, 2.05) is 0 Å². The second kappa shape index (κ2) is 4.94. The molecule has 0 radical (unpaired) electrons. The first-order valence-electron chi connectivity index (χ1n) is 6.74. The monoisotopic (exact) mass is 240 g/mol. The SMILES string of the molecule is CC(C)N1CCC2(CCCN2CC(=O)O)CC1. The zero-order valence-electron chi connectivity index (χ0n) is 11.0. The molecule has 2 saturated heterocycles. The van der Waals surface area contributed by atoms with Crippen LogP contribution in [0.25, 0.3) is 0 Å². The quantitative estimate of drug-likeness (QED) is 0.810. The van der Waals surface area contributed by atoms with E-state index in [4.69, 9.17) is 5.11 Å². The van der Waals surface area contributed by atoms with Crippen LogP contribution < -0.4 is 0 Å². The molecule has 2 aliphatic heterocycles. The zero-order valence-corrected chi connectivity index (χ0v) is 11.0. The molecule has 0 unspecified atom stereocenters. The number of rotatable bonds is 3. The van der Waals surface area contributed by atoms with Crippen molar-refractivity contribution in [1.29, 1.82) is 0 Å². The standard InChI is InChI=1S/C13H24N2O2/c1-11(2)14-8-5-13(6-9-14)4-3-7-15(13)10-12(16)17/h11H,3-10H2,1-2H3,(H,16,17). The van der Waals surface area contributed by atoms with Gasteiger partial charge in [-0.3, -0.25) is 9.69 Å². The summed E-state index contributed by atoms with van der Waals surface area (Å²) in [4.78, 5) is 15.6. The fraction of sp³-hybridized carbons (Fsp3) is 0.923. The van der Waals surface area contributed by atoms with Crippen LogP contribution in [0.3, 0.4) is 0 Å². The van der Waals surface area contributed by atoms with E-state index >= 15 is 0 Å². The Balaban J connectivity index is 1.98. The van der Waals surface area contributed by atoms with Crippen molar-refractivity contribution in [1.82, 2.24) is 9.80 Å². The molecule has 1 spiro atoms. The fourth-order valence-corrected chi connectivity index (χ4v) is 3.43. The number of carboxylic acid groups (broad SMARTS) is 1. The molecule has 17 heavy (non-hydrogen) atoms. The predicted molar refractivity (Wildman–Crippen MR) is 67.1 cm³/mol. The maximum atomic E-state index is 10.9. The minimum absolute atomic E-state index is 0.198. The second-order valence-corrected chi connectivity index (χ2v) is 5.77. The lowest BCUT2D eigenvalue weighted by Crippen LogP contribution is -2.54. The Morgan fingerprint density at radius 1 is 1.24 bits per heavy atom. The number of aliphatic carboxylic acids is 1. The highest BCUT2D eigenvalue weighted by molar-refractivity contribution is 5.69. The Morgan fingerprint density at radius 2 is 1.88 bits per heavy atom. The normalized spacial score (nSPS) is 25.8. The van der Waals surface area contributed by atoms with Crippen LogP contribution in [0.5, 0.6) is 0 Å². The number of carbonyl (C=O) groups is 1. The predicted octanol–water partition coefficient (Wildman–Crippen LogP) is 1.41. The summed E-state index contributed by atoms with van der Waals surface area (Å²) in [6.45, 7) is 7.90. The van der Waals surface area contributed by atoms with Gasteiger partial charge in [0.05, 0.1) is 6.54 Å². The summed E-state index contributed by atoms with van der Waals surface area (Å²) >= 11 is 0. The summed E-state index contributed by atoms with van der Waals surface area (Å²) in [5.41, 5.74) is 0.198. The average Bonchev–Trinajstić information content (AvgIpc) is 2.61. The van der Waals surface area contributed by atoms with E-state index in [-0.39, 0.29) is 12.1 Å². The van der Waals surface area contributed by atoms with Crippen LogP contribution in [0.4, 0.5) is 0 Å². The Morgan fingerprint density at radius 3 is 2.41 bits per heavy atom. The van der Waals surface area contributed by atoms with E-state index in [1.54, 1.807) is 0 Å². The minimum atomic E-state index is -0.683. The molecule has 0 amide bonds. The van der Waals surface area contributed by atoms with Crippen molar-refractivity contribution < 1.29 is 9.90 Å². The van der Waals surface area contributed by atoms with Gasteiger partial charge in [0.1, 0.15) is 0 Å². The van der Waals surface area contributed by atoms with Gasteiger partial charge in [0.2, 0.25) is 0 Å². The van der Waals surface area contributed by atoms with E-state index in [9.17, 15) is 4.79 Å². The van der Waals surface area contributed by atoms with Gasteiger partial charge in [0, 0.05) is 24.7 Å². The van der Waals surface area contributed by atoms with E-state index in [2.05, 4.69) is 23.6 Å². The van der Waals surface area contributed by atoms with Gasteiger partial charge < -0.3 is 10.0 Å². The largest absolute Gasteiger partial charge is 0.480 e. The van der Waals surface area contributed by atoms with Gasteiger partial charge in [-0.2, -0.15) is 0 Å². The highest BCUT2D eigenvalue weighted by atomic mass is 16.4. The highest BCUT2D eigenvalue weighted by Gasteiger charge is 2.43. The molecule has 0 saturated carbocycles. The molecule has 0 atom stereocenters. The van der Waals surface area contributed by atoms with Gasteiger partial charge in [0.15, 0.2) is 0 Å². The van der Waals surface area contributed by atoms with Gasteiger partial charge in [-0.05, 0) is 46.1 Å². The van der Waals surface area contributed by atoms with E-state index < -0.39 is 5.97 Å². The summed E-state index contributed by atoms with van der Waals surface area (Å²) in [5, 5.41) is 8.98. The smallest absolute Gasteiger partial charge is 0.317 e. The molecule has 2 aliphatic rings. The summed E-state index contributed by atoms with van der Waals surface area (Å²) in [6, 6.07) is 0.613.